The van der Waals surface area contributed by atoms with E-state index in [1.165, 1.54) is 0 Å². The molecule has 3 unspecified atom stereocenters. The summed E-state index contributed by atoms with van der Waals surface area (Å²) in [6.07, 6.45) is 1.78. The number of nitrogens with one attached hydrogen (secondary N) is 1. The molecule has 0 aliphatic carbocycles. The number of nitrogens with zero attached hydrogens (tertiary/aromatic N) is 3. The molecule has 0 saturated carbocycles. The van der Waals surface area contributed by atoms with Gasteiger partial charge in [-0.3, -0.25) is 9.36 Å². The molecule has 39 heavy (non-hydrogen) atoms. The highest BCUT2D eigenvalue weighted by Gasteiger charge is 2.43. The van der Waals surface area contributed by atoms with E-state index in [0.717, 1.165) is 41.7 Å². The first-order chi connectivity index (χ1) is 18.9. The van der Waals surface area contributed by atoms with Crippen molar-refractivity contribution in [1.82, 2.24) is 14.5 Å². The maximum Gasteiger partial charge on any atom is 0.206 e. The monoisotopic (exact) mass is 536 g/mol. The van der Waals surface area contributed by atoms with Crippen LogP contribution in [-0.4, -0.2) is 71.9 Å². The van der Waals surface area contributed by atoms with Crippen LogP contribution in [-0.2, 0) is 9.53 Å². The number of imidazole rings is 1. The van der Waals surface area contributed by atoms with Crippen molar-refractivity contribution in [2.75, 3.05) is 45.8 Å². The van der Waals surface area contributed by atoms with E-state index in [1.807, 2.05) is 63.5 Å². The normalized spacial score (nSPS) is 19.9. The van der Waals surface area contributed by atoms with Gasteiger partial charge in [0.25, 0.3) is 0 Å². The van der Waals surface area contributed by atoms with Crippen LogP contribution in [0.5, 0.6) is 11.5 Å². The zero-order valence-corrected chi connectivity index (χ0v) is 23.3. The Morgan fingerprint density at radius 2 is 1.97 bits per heavy atom. The molecule has 9 heteroatoms. The maximum absolute atomic E-state index is 13.3. The lowest BCUT2D eigenvalue weighted by atomic mass is 10.0. The van der Waals surface area contributed by atoms with Crippen molar-refractivity contribution >= 4 is 22.8 Å². The number of fused-ring (bicyclic) bond motifs is 1. The quantitative estimate of drug-likeness (QED) is 0.228. The second kappa shape index (κ2) is 13.1. The summed E-state index contributed by atoms with van der Waals surface area (Å²) in [4.78, 5) is 20.2. The number of hydrogen-bond donors (Lipinski definition) is 2. The fourth-order valence-corrected chi connectivity index (χ4v) is 4.74. The topological polar surface area (TPSA) is 98.1 Å². The average Bonchev–Trinajstić information content (AvgIpc) is 3.45. The molecule has 3 aromatic rings. The molecule has 0 amide bonds. The lowest BCUT2D eigenvalue weighted by Crippen LogP contribution is -2.22. The van der Waals surface area contributed by atoms with E-state index in [-0.39, 0.29) is 18.4 Å². The van der Waals surface area contributed by atoms with Gasteiger partial charge in [0.2, 0.25) is 5.95 Å². The smallest absolute Gasteiger partial charge is 0.206 e. The van der Waals surface area contributed by atoms with Crippen molar-refractivity contribution in [2.45, 2.75) is 45.1 Å². The molecule has 210 valence electrons. The van der Waals surface area contributed by atoms with E-state index in [0.29, 0.717) is 24.9 Å². The number of carbonyl (C=O) groups excluding carboxylic acids is 1. The minimum absolute atomic E-state index is 0.159. The molecule has 2 aromatic carbocycles. The van der Waals surface area contributed by atoms with Crippen LogP contribution in [0.2, 0.25) is 0 Å². The largest absolute Gasteiger partial charge is 0.490 e. The second-order valence-corrected chi connectivity index (χ2v) is 10.1. The van der Waals surface area contributed by atoms with E-state index in [2.05, 4.69) is 23.7 Å². The summed E-state index contributed by atoms with van der Waals surface area (Å²) >= 11 is 0. The Kier molecular flexibility index (Phi) is 9.61. The Labute approximate surface area is 230 Å². The Bertz CT molecular complexity index is 1270. The molecule has 2 N–H and O–H groups in total. The number of Topliss-reactive ketones (excluding diaryl/α,β-unsaturated/α-hetero) is 1. The molecular formula is C30H40N4O5. The highest BCUT2D eigenvalue weighted by Crippen LogP contribution is 2.37. The first-order valence-corrected chi connectivity index (χ1v) is 13.6. The molecule has 2 heterocycles. The Morgan fingerprint density at radius 3 is 2.67 bits per heavy atom. The van der Waals surface area contributed by atoms with E-state index >= 15 is 0 Å². The van der Waals surface area contributed by atoms with Gasteiger partial charge in [0.15, 0.2) is 23.5 Å². The SMILES string of the molecule is C=CC1C(=O)[C@H](n2c(NC(C)c3ccc(OCCC)c(OCCCN(C)C)c3)nc3ccccc32)OC1CO. The van der Waals surface area contributed by atoms with E-state index in [4.69, 9.17) is 19.2 Å². The number of aliphatic hydroxyl groups is 1. The third-order valence-corrected chi connectivity index (χ3v) is 6.82. The Morgan fingerprint density at radius 1 is 1.21 bits per heavy atom. The van der Waals surface area contributed by atoms with Crippen LogP contribution < -0.4 is 14.8 Å². The number of aliphatic hydroxyl groups excluding tert-OH is 1. The van der Waals surface area contributed by atoms with Gasteiger partial charge in [-0.15, -0.1) is 6.58 Å². The van der Waals surface area contributed by atoms with Crippen LogP contribution in [0.15, 0.2) is 55.1 Å². The van der Waals surface area contributed by atoms with Crippen LogP contribution in [0, 0.1) is 5.92 Å². The number of benzene rings is 2. The lowest BCUT2D eigenvalue weighted by Gasteiger charge is -2.21. The molecule has 1 aliphatic heterocycles. The summed E-state index contributed by atoms with van der Waals surface area (Å²) in [5.74, 6) is 1.18. The molecule has 1 saturated heterocycles. The van der Waals surface area contributed by atoms with Crippen molar-refractivity contribution in [3.05, 3.63) is 60.7 Å². The molecule has 0 bridgehead atoms. The number of ether oxygens (including phenoxy) is 3. The molecule has 0 spiro atoms. The number of carbonyl (C=O) groups is 1. The fourth-order valence-electron chi connectivity index (χ4n) is 4.74. The predicted molar refractivity (Wildman–Crippen MR) is 152 cm³/mol. The molecule has 4 atom stereocenters. The van der Waals surface area contributed by atoms with Crippen molar-refractivity contribution < 1.29 is 24.1 Å². The van der Waals surface area contributed by atoms with Crippen LogP contribution in [0.4, 0.5) is 5.95 Å². The van der Waals surface area contributed by atoms with Gasteiger partial charge in [0, 0.05) is 6.54 Å². The third-order valence-electron chi connectivity index (χ3n) is 6.82. The van der Waals surface area contributed by atoms with Gasteiger partial charge in [-0.25, -0.2) is 4.98 Å². The van der Waals surface area contributed by atoms with Gasteiger partial charge >= 0.3 is 0 Å². The minimum Gasteiger partial charge on any atom is -0.490 e. The van der Waals surface area contributed by atoms with Crippen molar-refractivity contribution in [3.8, 4) is 11.5 Å². The van der Waals surface area contributed by atoms with Gasteiger partial charge in [-0.2, -0.15) is 0 Å². The van der Waals surface area contributed by atoms with Crippen LogP contribution in [0.25, 0.3) is 11.0 Å². The number of hydrogen-bond acceptors (Lipinski definition) is 8. The van der Waals surface area contributed by atoms with Crippen LogP contribution >= 0.6 is 0 Å². The van der Waals surface area contributed by atoms with Gasteiger partial charge in [0.05, 0.1) is 48.9 Å². The summed E-state index contributed by atoms with van der Waals surface area (Å²) in [7, 11) is 4.09. The molecule has 1 aliphatic rings. The zero-order valence-electron chi connectivity index (χ0n) is 23.3. The summed E-state index contributed by atoms with van der Waals surface area (Å²) in [6, 6.07) is 13.4. The Hall–Kier alpha value is -3.40. The Balaban J connectivity index is 1.62. The number of para-hydroxylation sites is 2. The first-order valence-electron chi connectivity index (χ1n) is 13.6. The third kappa shape index (κ3) is 6.43. The highest BCUT2D eigenvalue weighted by molar-refractivity contribution is 5.90. The van der Waals surface area contributed by atoms with Gasteiger partial charge < -0.3 is 29.5 Å². The number of rotatable bonds is 14. The van der Waals surface area contributed by atoms with E-state index in [9.17, 15) is 9.90 Å². The van der Waals surface area contributed by atoms with Crippen molar-refractivity contribution in [2.24, 2.45) is 5.92 Å². The van der Waals surface area contributed by atoms with Gasteiger partial charge in [-0.05, 0) is 63.7 Å². The highest BCUT2D eigenvalue weighted by atomic mass is 16.5. The fraction of sp³-hybridized carbons (Fsp3) is 0.467. The maximum atomic E-state index is 13.3. The van der Waals surface area contributed by atoms with Crippen molar-refractivity contribution in [1.29, 1.82) is 0 Å². The predicted octanol–water partition coefficient (Wildman–Crippen LogP) is 4.59. The summed E-state index contributed by atoms with van der Waals surface area (Å²) in [5.41, 5.74) is 2.48. The molecular weight excluding hydrogens is 496 g/mol. The summed E-state index contributed by atoms with van der Waals surface area (Å²) in [5, 5.41) is 13.3. The molecule has 0 radical (unpaired) electrons. The van der Waals surface area contributed by atoms with Gasteiger partial charge in [-0.1, -0.05) is 31.2 Å². The second-order valence-electron chi connectivity index (χ2n) is 10.1. The minimum atomic E-state index is -0.923. The van der Waals surface area contributed by atoms with Crippen LogP contribution in [0.1, 0.15) is 44.5 Å². The molecule has 4 rings (SSSR count). The van der Waals surface area contributed by atoms with Crippen molar-refractivity contribution in [3.63, 3.8) is 0 Å². The van der Waals surface area contributed by atoms with Crippen LogP contribution in [0.3, 0.4) is 0 Å². The first kappa shape index (κ1) is 28.6. The lowest BCUT2D eigenvalue weighted by molar-refractivity contribution is -0.127. The average molecular weight is 537 g/mol. The number of aromatic nitrogens is 2. The van der Waals surface area contributed by atoms with E-state index in [1.54, 1.807) is 10.6 Å². The molecule has 1 fully saturated rings. The number of ketones is 1. The van der Waals surface area contributed by atoms with E-state index < -0.39 is 18.2 Å². The molecule has 1 aromatic heterocycles. The summed E-state index contributed by atoms with van der Waals surface area (Å²) < 4.78 is 19.9. The standard InChI is InChI=1S/C30H40N4O5/c1-6-16-37-25-14-13-21(18-26(25)38-17-10-15-33(4)5)20(3)31-30-32-23-11-8-9-12-24(23)34(30)29-28(36)22(7-2)27(19-35)39-29/h7-9,11-14,18,20,22,27,29,35H,2,6,10,15-17,19H2,1,3-5H3,(H,31,32)/t20?,22?,27?,29-/m1/s1. The zero-order chi connectivity index (χ0) is 27.9. The van der Waals surface area contributed by atoms with Gasteiger partial charge in [0.1, 0.15) is 0 Å². The molecule has 9 nitrogen and oxygen atoms in total. The summed E-state index contributed by atoms with van der Waals surface area (Å²) in [6.45, 7) is 9.73. The number of anilines is 1.